The van der Waals surface area contributed by atoms with Crippen LogP contribution in [-0.4, -0.2) is 0 Å². The Labute approximate surface area is 385 Å². The molecule has 0 aliphatic carbocycles. The van der Waals surface area contributed by atoms with Crippen LogP contribution in [0.1, 0.15) is 44.5 Å². The number of fused-ring (bicyclic) bond motifs is 10. The Morgan fingerprint density at radius 2 is 0.818 bits per heavy atom. The molecule has 0 bridgehead atoms. The van der Waals surface area contributed by atoms with Crippen molar-refractivity contribution in [3.8, 4) is 34.1 Å². The smallest absolute Gasteiger partial charge is 0.135 e. The molecule has 4 heterocycles. The van der Waals surface area contributed by atoms with E-state index in [-0.39, 0.29) is 0 Å². The lowest BCUT2D eigenvalue weighted by atomic mass is 9.63. The third-order valence-electron chi connectivity index (χ3n) is 14.2. The summed E-state index contributed by atoms with van der Waals surface area (Å²) in [7, 11) is 0. The van der Waals surface area contributed by atoms with Crippen molar-refractivity contribution in [2.75, 3.05) is 0 Å². The molecule has 0 radical (unpaired) electrons. The first-order valence-corrected chi connectivity index (χ1v) is 23.3. The Hall–Kier alpha value is -8.18. The zero-order valence-electron chi connectivity index (χ0n) is 35.6. The van der Waals surface area contributed by atoms with Crippen LogP contribution in [0.25, 0.3) is 53.2 Å². The standard InChI is InChI=1S/C62H38O3S/c1-3-16-41(17-4-1)61(43-32-33-45-44-20-7-11-26-53(44)63-56(45)38-43)48-23-9-12-27-54(48)64-57-36-39(30-34-50(57)61)40-31-35-51-58(37-40)65-55-28-13-10-24-49(55)62(51,42-18-5-2-6-19-42)52-25-15-22-47-46-21-8-14-29-59(46)66-60(47)52/h1-38H. The number of hydrogen-bond acceptors (Lipinski definition) is 4. The Kier molecular flexibility index (Phi) is 7.98. The van der Waals surface area contributed by atoms with Crippen molar-refractivity contribution >= 4 is 53.4 Å². The number of furan rings is 1. The molecular weight excluding hydrogens is 825 g/mol. The summed E-state index contributed by atoms with van der Waals surface area (Å²) in [6.07, 6.45) is 0. The molecule has 2 unspecified atom stereocenters. The Morgan fingerprint density at radius 3 is 1.53 bits per heavy atom. The van der Waals surface area contributed by atoms with Crippen LogP contribution in [0, 0.1) is 0 Å². The predicted molar refractivity (Wildman–Crippen MR) is 269 cm³/mol. The monoisotopic (exact) mass is 862 g/mol. The number of ether oxygens (including phenoxy) is 2. The van der Waals surface area contributed by atoms with Crippen molar-refractivity contribution in [1.29, 1.82) is 0 Å². The van der Waals surface area contributed by atoms with Gasteiger partial charge >= 0.3 is 0 Å². The zero-order chi connectivity index (χ0) is 43.4. The van der Waals surface area contributed by atoms with Crippen molar-refractivity contribution in [3.05, 3.63) is 275 Å². The Morgan fingerprint density at radius 1 is 0.303 bits per heavy atom. The fraction of sp³-hybridized carbons (Fsp3) is 0.0323. The molecule has 66 heavy (non-hydrogen) atoms. The van der Waals surface area contributed by atoms with E-state index in [4.69, 9.17) is 13.9 Å². The molecule has 2 atom stereocenters. The molecule has 2 aliphatic heterocycles. The third kappa shape index (κ3) is 5.13. The van der Waals surface area contributed by atoms with Gasteiger partial charge in [0.05, 0.1) is 10.8 Å². The van der Waals surface area contributed by atoms with Gasteiger partial charge < -0.3 is 13.9 Å². The number of rotatable bonds is 5. The van der Waals surface area contributed by atoms with Crippen LogP contribution < -0.4 is 9.47 Å². The van der Waals surface area contributed by atoms with E-state index in [1.807, 2.05) is 23.5 Å². The summed E-state index contributed by atoms with van der Waals surface area (Å²) in [6.45, 7) is 0. The van der Waals surface area contributed by atoms with Gasteiger partial charge in [-0.15, -0.1) is 11.3 Å². The summed E-state index contributed by atoms with van der Waals surface area (Å²) in [6, 6.07) is 82.9. The molecule has 0 spiro atoms. The molecule has 0 saturated carbocycles. The van der Waals surface area contributed by atoms with E-state index >= 15 is 0 Å². The van der Waals surface area contributed by atoms with Crippen LogP contribution >= 0.6 is 11.3 Å². The van der Waals surface area contributed by atoms with Crippen LogP contribution in [0.5, 0.6) is 23.0 Å². The van der Waals surface area contributed by atoms with Gasteiger partial charge in [0, 0.05) is 53.2 Å². The third-order valence-corrected chi connectivity index (χ3v) is 15.4. The van der Waals surface area contributed by atoms with Crippen LogP contribution in [0.15, 0.2) is 235 Å². The van der Waals surface area contributed by atoms with E-state index in [2.05, 4.69) is 218 Å². The molecule has 14 rings (SSSR count). The minimum Gasteiger partial charge on any atom is -0.457 e. The highest BCUT2D eigenvalue weighted by Gasteiger charge is 2.48. The SMILES string of the molecule is c1ccc(C2(c3ccc4c(c3)oc3ccccc34)c3ccccc3Oc3cc(-c4ccc5c(c4)Oc4ccccc4C5(c4ccccc4)c4cccc5c4sc4ccccc45)ccc32)cc1. The number of para-hydroxylation sites is 3. The molecule has 10 aromatic carbocycles. The highest BCUT2D eigenvalue weighted by atomic mass is 32.1. The fourth-order valence-corrected chi connectivity index (χ4v) is 12.6. The molecule has 4 heteroatoms. The summed E-state index contributed by atoms with van der Waals surface area (Å²) in [4.78, 5) is 0. The maximum Gasteiger partial charge on any atom is 0.135 e. The fourth-order valence-electron chi connectivity index (χ4n) is 11.4. The molecule has 0 amide bonds. The van der Waals surface area contributed by atoms with E-state index in [0.717, 1.165) is 89.4 Å². The summed E-state index contributed by atoms with van der Waals surface area (Å²) in [5.74, 6) is 3.31. The summed E-state index contributed by atoms with van der Waals surface area (Å²) in [5.41, 5.74) is 11.5. The van der Waals surface area contributed by atoms with E-state index in [9.17, 15) is 0 Å². The topological polar surface area (TPSA) is 31.6 Å². The lowest BCUT2D eigenvalue weighted by molar-refractivity contribution is 0.434. The number of thiophene rings is 1. The van der Waals surface area contributed by atoms with Gasteiger partial charge in [-0.05, 0) is 75.8 Å². The van der Waals surface area contributed by atoms with Gasteiger partial charge in [-0.1, -0.05) is 188 Å². The lowest BCUT2D eigenvalue weighted by Gasteiger charge is -2.42. The van der Waals surface area contributed by atoms with Gasteiger partial charge in [0.2, 0.25) is 0 Å². The van der Waals surface area contributed by atoms with Crippen molar-refractivity contribution in [2.45, 2.75) is 10.8 Å². The quantitative estimate of drug-likeness (QED) is 0.173. The van der Waals surface area contributed by atoms with Gasteiger partial charge in [0.1, 0.15) is 34.2 Å². The summed E-state index contributed by atoms with van der Waals surface area (Å²) in [5, 5.41) is 4.76. The highest BCUT2D eigenvalue weighted by molar-refractivity contribution is 7.26. The predicted octanol–water partition coefficient (Wildman–Crippen LogP) is 16.6. The molecule has 0 fully saturated rings. The van der Waals surface area contributed by atoms with E-state index < -0.39 is 10.8 Å². The van der Waals surface area contributed by atoms with E-state index in [1.54, 1.807) is 0 Å². The van der Waals surface area contributed by atoms with Gasteiger partial charge in [0.25, 0.3) is 0 Å². The maximum atomic E-state index is 7.04. The minimum atomic E-state index is -0.706. The second kappa shape index (κ2) is 14.2. The van der Waals surface area contributed by atoms with Crippen molar-refractivity contribution < 1.29 is 13.9 Å². The van der Waals surface area contributed by atoms with Crippen LogP contribution in [-0.2, 0) is 10.8 Å². The minimum absolute atomic E-state index is 0.663. The molecule has 2 aromatic heterocycles. The largest absolute Gasteiger partial charge is 0.457 e. The average Bonchev–Trinajstić information content (AvgIpc) is 3.96. The molecule has 0 N–H and O–H groups in total. The lowest BCUT2D eigenvalue weighted by Crippen LogP contribution is -2.34. The van der Waals surface area contributed by atoms with Gasteiger partial charge in [0.15, 0.2) is 0 Å². The second-order valence-corrected chi connectivity index (χ2v) is 18.5. The summed E-state index contributed by atoms with van der Waals surface area (Å²) < 4.78 is 23.1. The van der Waals surface area contributed by atoms with E-state index in [1.165, 1.54) is 31.3 Å². The van der Waals surface area contributed by atoms with Gasteiger partial charge in [-0.25, -0.2) is 0 Å². The van der Waals surface area contributed by atoms with Crippen LogP contribution in [0.2, 0.25) is 0 Å². The molecule has 12 aromatic rings. The average molecular weight is 863 g/mol. The summed E-state index contributed by atoms with van der Waals surface area (Å²) >= 11 is 1.87. The molecule has 310 valence electrons. The van der Waals surface area contributed by atoms with Crippen LogP contribution in [0.3, 0.4) is 0 Å². The van der Waals surface area contributed by atoms with E-state index in [0.29, 0.717) is 0 Å². The number of benzene rings is 10. The molecule has 0 saturated heterocycles. The van der Waals surface area contributed by atoms with Crippen molar-refractivity contribution in [1.82, 2.24) is 0 Å². The van der Waals surface area contributed by atoms with Gasteiger partial charge in [-0.2, -0.15) is 0 Å². The first-order chi connectivity index (χ1) is 32.7. The Bertz CT molecular complexity index is 3900. The van der Waals surface area contributed by atoms with Crippen molar-refractivity contribution in [3.63, 3.8) is 0 Å². The maximum absolute atomic E-state index is 7.04. The first kappa shape index (κ1) is 37.2. The number of hydrogen-bond donors (Lipinski definition) is 0. The normalized spacial score (nSPS) is 17.2. The zero-order valence-corrected chi connectivity index (χ0v) is 36.4. The molecule has 3 nitrogen and oxygen atoms in total. The Balaban J connectivity index is 0.981. The highest BCUT2D eigenvalue weighted by Crippen LogP contribution is 2.59. The first-order valence-electron chi connectivity index (χ1n) is 22.5. The van der Waals surface area contributed by atoms with Gasteiger partial charge in [-0.3, -0.25) is 0 Å². The second-order valence-electron chi connectivity index (χ2n) is 17.4. The van der Waals surface area contributed by atoms with Crippen molar-refractivity contribution in [2.24, 2.45) is 0 Å². The molecular formula is C62H38O3S. The van der Waals surface area contributed by atoms with Crippen LogP contribution in [0.4, 0.5) is 0 Å². The molecule has 2 aliphatic rings.